The third-order valence-electron chi connectivity index (χ3n) is 6.04. The lowest BCUT2D eigenvalue weighted by molar-refractivity contribution is 0.0492. The van der Waals surface area contributed by atoms with Crippen molar-refractivity contribution in [3.05, 3.63) is 72.1 Å². The number of rotatable bonds is 7. The molecule has 1 amide bonds. The highest BCUT2D eigenvalue weighted by molar-refractivity contribution is 6.16. The van der Waals surface area contributed by atoms with E-state index < -0.39 is 5.60 Å². The lowest BCUT2D eigenvalue weighted by Crippen LogP contribution is -2.42. The minimum atomic E-state index is -0.522. The van der Waals surface area contributed by atoms with E-state index in [1.807, 2.05) is 75.4 Å². The van der Waals surface area contributed by atoms with Gasteiger partial charge in [-0.2, -0.15) is 0 Å². The van der Waals surface area contributed by atoms with Gasteiger partial charge < -0.3 is 25.8 Å². The summed E-state index contributed by atoms with van der Waals surface area (Å²) in [7, 11) is 0. The zero-order valence-electron chi connectivity index (χ0n) is 21.5. The van der Waals surface area contributed by atoms with Crippen LogP contribution in [0.25, 0.3) is 0 Å². The number of aromatic nitrogens is 2. The van der Waals surface area contributed by atoms with Crippen molar-refractivity contribution in [1.82, 2.24) is 15.3 Å². The number of nitrogens with one attached hydrogen (secondary N) is 3. The zero-order chi connectivity index (χ0) is 26.4. The molecule has 0 bridgehead atoms. The van der Waals surface area contributed by atoms with Gasteiger partial charge in [-0.05, 0) is 82.9 Å². The SMILES string of the molecule is CC(C)(C)OC(=O)NC1CCC(Nc2ncnc(N)c2C(=N)c2ccc(Oc3ccccc3)cc2)CC1. The van der Waals surface area contributed by atoms with E-state index in [9.17, 15) is 4.79 Å². The van der Waals surface area contributed by atoms with E-state index in [2.05, 4.69) is 20.6 Å². The number of anilines is 2. The molecule has 37 heavy (non-hydrogen) atoms. The molecule has 1 aliphatic carbocycles. The average molecular weight is 503 g/mol. The third-order valence-corrected chi connectivity index (χ3v) is 6.04. The van der Waals surface area contributed by atoms with E-state index in [4.69, 9.17) is 20.6 Å². The molecule has 1 aliphatic rings. The Labute approximate surface area is 217 Å². The number of nitrogen functional groups attached to an aromatic ring is 1. The second-order valence-corrected chi connectivity index (χ2v) is 10.1. The summed E-state index contributed by atoms with van der Waals surface area (Å²) >= 11 is 0. The quantitative estimate of drug-likeness (QED) is 0.313. The van der Waals surface area contributed by atoms with Gasteiger partial charge in [0.1, 0.15) is 35.1 Å². The van der Waals surface area contributed by atoms with Crippen LogP contribution in [0.2, 0.25) is 0 Å². The first-order chi connectivity index (χ1) is 17.7. The van der Waals surface area contributed by atoms with Gasteiger partial charge in [0.25, 0.3) is 0 Å². The Morgan fingerprint density at radius 2 is 1.57 bits per heavy atom. The van der Waals surface area contributed by atoms with E-state index in [1.54, 1.807) is 0 Å². The normalized spacial score (nSPS) is 17.5. The van der Waals surface area contributed by atoms with Gasteiger partial charge in [0.2, 0.25) is 0 Å². The van der Waals surface area contributed by atoms with Gasteiger partial charge in [-0.1, -0.05) is 18.2 Å². The molecular formula is C28H34N6O3. The molecule has 194 valence electrons. The Morgan fingerprint density at radius 3 is 2.22 bits per heavy atom. The number of nitrogens with zero attached hydrogens (tertiary/aromatic N) is 2. The number of para-hydroxylation sites is 1. The molecule has 9 nitrogen and oxygen atoms in total. The maximum absolute atomic E-state index is 12.1. The highest BCUT2D eigenvalue weighted by Crippen LogP contribution is 2.28. The van der Waals surface area contributed by atoms with Crippen molar-refractivity contribution in [2.75, 3.05) is 11.1 Å². The van der Waals surface area contributed by atoms with E-state index >= 15 is 0 Å². The number of ether oxygens (including phenoxy) is 2. The van der Waals surface area contributed by atoms with E-state index in [-0.39, 0.29) is 29.7 Å². The first kappa shape index (κ1) is 25.9. The molecule has 0 atom stereocenters. The number of hydrogen-bond acceptors (Lipinski definition) is 8. The molecule has 0 spiro atoms. The molecule has 0 radical (unpaired) electrons. The van der Waals surface area contributed by atoms with Crippen LogP contribution >= 0.6 is 0 Å². The van der Waals surface area contributed by atoms with Crippen LogP contribution in [-0.2, 0) is 4.74 Å². The molecule has 1 aromatic heterocycles. The predicted molar refractivity (Wildman–Crippen MR) is 144 cm³/mol. The van der Waals surface area contributed by atoms with E-state index in [0.717, 1.165) is 31.4 Å². The van der Waals surface area contributed by atoms with Crippen LogP contribution < -0.4 is 21.1 Å². The van der Waals surface area contributed by atoms with Crippen LogP contribution in [0.5, 0.6) is 11.5 Å². The summed E-state index contributed by atoms with van der Waals surface area (Å²) in [6.45, 7) is 5.55. The molecule has 0 unspecified atom stereocenters. The molecular weight excluding hydrogens is 468 g/mol. The monoisotopic (exact) mass is 502 g/mol. The van der Waals surface area contributed by atoms with Gasteiger partial charge in [0.15, 0.2) is 0 Å². The summed E-state index contributed by atoms with van der Waals surface area (Å²) in [5.74, 6) is 2.20. The van der Waals surface area contributed by atoms with Crippen LogP contribution in [0.3, 0.4) is 0 Å². The highest BCUT2D eigenvalue weighted by Gasteiger charge is 2.26. The van der Waals surface area contributed by atoms with Gasteiger partial charge in [0.05, 0.1) is 11.3 Å². The average Bonchev–Trinajstić information content (AvgIpc) is 2.85. The first-order valence-corrected chi connectivity index (χ1v) is 12.5. The number of alkyl carbamates (subject to hydrolysis) is 1. The number of benzene rings is 2. The zero-order valence-corrected chi connectivity index (χ0v) is 21.5. The molecule has 1 heterocycles. The van der Waals surface area contributed by atoms with Crippen molar-refractivity contribution < 1.29 is 14.3 Å². The second-order valence-electron chi connectivity index (χ2n) is 10.1. The van der Waals surface area contributed by atoms with Gasteiger partial charge in [-0.3, -0.25) is 5.41 Å². The fourth-order valence-electron chi connectivity index (χ4n) is 4.26. The topological polar surface area (TPSA) is 135 Å². The molecule has 0 saturated heterocycles. The molecule has 2 aromatic carbocycles. The van der Waals surface area contributed by atoms with Crippen molar-refractivity contribution in [2.24, 2.45) is 0 Å². The van der Waals surface area contributed by atoms with Crippen molar-refractivity contribution in [2.45, 2.75) is 64.1 Å². The molecule has 3 aromatic rings. The van der Waals surface area contributed by atoms with Crippen molar-refractivity contribution in [3.63, 3.8) is 0 Å². The summed E-state index contributed by atoms with van der Waals surface area (Å²) in [5.41, 5.74) is 7.06. The highest BCUT2D eigenvalue weighted by atomic mass is 16.6. The number of carbonyl (C=O) groups is 1. The van der Waals surface area contributed by atoms with Gasteiger partial charge in [0, 0.05) is 17.6 Å². The third kappa shape index (κ3) is 7.19. The lowest BCUT2D eigenvalue weighted by Gasteiger charge is -2.31. The number of carbonyl (C=O) groups excluding carboxylic acids is 1. The van der Waals surface area contributed by atoms with Crippen molar-refractivity contribution >= 4 is 23.4 Å². The minimum absolute atomic E-state index is 0.0674. The van der Waals surface area contributed by atoms with Crippen LogP contribution in [-0.4, -0.2) is 39.5 Å². The standard InChI is InChI=1S/C28H34N6O3/c1-28(2,3)37-27(35)34-20-13-11-19(12-14-20)33-26-23(25(30)31-17-32-26)24(29)18-9-15-22(16-10-18)36-21-7-5-4-6-8-21/h4-10,15-17,19-20,29H,11-14H2,1-3H3,(H,34,35)(H3,30,31,32,33). The predicted octanol–water partition coefficient (Wildman–Crippen LogP) is 5.52. The lowest BCUT2D eigenvalue weighted by atomic mass is 9.91. The summed E-state index contributed by atoms with van der Waals surface area (Å²) in [4.78, 5) is 20.6. The largest absolute Gasteiger partial charge is 0.457 e. The van der Waals surface area contributed by atoms with Gasteiger partial charge in [-0.25, -0.2) is 14.8 Å². The van der Waals surface area contributed by atoms with Crippen molar-refractivity contribution in [3.8, 4) is 11.5 Å². The fourth-order valence-corrected chi connectivity index (χ4v) is 4.26. The maximum atomic E-state index is 12.1. The van der Waals surface area contributed by atoms with Gasteiger partial charge >= 0.3 is 6.09 Å². The molecule has 4 rings (SSSR count). The van der Waals surface area contributed by atoms with Crippen LogP contribution in [0.1, 0.15) is 57.6 Å². The summed E-state index contributed by atoms with van der Waals surface area (Å²) in [5, 5.41) is 15.3. The summed E-state index contributed by atoms with van der Waals surface area (Å²) in [6, 6.07) is 17.0. The summed E-state index contributed by atoms with van der Waals surface area (Å²) in [6.07, 6.45) is 4.32. The number of amides is 1. The maximum Gasteiger partial charge on any atom is 0.407 e. The number of hydrogen-bond donors (Lipinski definition) is 4. The van der Waals surface area contributed by atoms with E-state index in [1.165, 1.54) is 6.33 Å². The molecule has 1 fully saturated rings. The Hall–Kier alpha value is -4.14. The second kappa shape index (κ2) is 11.3. The Kier molecular flexibility index (Phi) is 7.91. The van der Waals surface area contributed by atoms with E-state index in [0.29, 0.717) is 22.7 Å². The van der Waals surface area contributed by atoms with Crippen molar-refractivity contribution in [1.29, 1.82) is 5.41 Å². The van der Waals surface area contributed by atoms with Crippen LogP contribution in [0.15, 0.2) is 60.9 Å². The molecule has 5 N–H and O–H groups in total. The van der Waals surface area contributed by atoms with Crippen LogP contribution in [0.4, 0.5) is 16.4 Å². The van der Waals surface area contributed by atoms with Crippen LogP contribution in [0, 0.1) is 5.41 Å². The fraction of sp³-hybridized carbons (Fsp3) is 0.357. The molecule has 0 aliphatic heterocycles. The first-order valence-electron chi connectivity index (χ1n) is 12.5. The number of nitrogens with two attached hydrogens (primary N) is 1. The summed E-state index contributed by atoms with van der Waals surface area (Å²) < 4.78 is 11.2. The Balaban J connectivity index is 1.39. The Morgan fingerprint density at radius 1 is 0.946 bits per heavy atom. The molecule has 9 heteroatoms. The smallest absolute Gasteiger partial charge is 0.407 e. The Bertz CT molecular complexity index is 1220. The minimum Gasteiger partial charge on any atom is -0.457 e. The van der Waals surface area contributed by atoms with Gasteiger partial charge in [-0.15, -0.1) is 0 Å². The molecule has 1 saturated carbocycles.